The van der Waals surface area contributed by atoms with Crippen molar-refractivity contribution >= 4 is 25.8 Å². The zero-order valence-corrected chi connectivity index (χ0v) is 10.2. The summed E-state index contributed by atoms with van der Waals surface area (Å²) in [4.78, 5) is 0. The maximum atomic E-state index is 11.1. The molecular formula is C9H12BrNO2S. The van der Waals surface area contributed by atoms with Gasteiger partial charge in [-0.05, 0) is 23.3 Å². The van der Waals surface area contributed by atoms with E-state index < -0.39 is 9.84 Å². The van der Waals surface area contributed by atoms with E-state index in [-0.39, 0.29) is 5.75 Å². The average molecular weight is 278 g/mol. The summed E-state index contributed by atoms with van der Waals surface area (Å²) in [7, 11) is -2.99. The maximum Gasteiger partial charge on any atom is 0.151 e. The van der Waals surface area contributed by atoms with Crippen molar-refractivity contribution in [3.63, 3.8) is 0 Å². The summed E-state index contributed by atoms with van der Waals surface area (Å²) in [6, 6.07) is 5.45. The third kappa shape index (κ3) is 3.40. The second kappa shape index (κ2) is 4.42. The van der Waals surface area contributed by atoms with Gasteiger partial charge in [0.2, 0.25) is 0 Å². The maximum absolute atomic E-state index is 11.1. The van der Waals surface area contributed by atoms with Gasteiger partial charge >= 0.3 is 0 Å². The van der Waals surface area contributed by atoms with Crippen molar-refractivity contribution in [3.05, 3.63) is 33.8 Å². The topological polar surface area (TPSA) is 60.2 Å². The lowest BCUT2D eigenvalue weighted by molar-refractivity contribution is 0.601. The van der Waals surface area contributed by atoms with Crippen LogP contribution in [0.2, 0.25) is 0 Å². The molecule has 1 aromatic carbocycles. The minimum Gasteiger partial charge on any atom is -0.326 e. The minimum atomic E-state index is -2.99. The molecule has 0 bridgehead atoms. The molecule has 0 heterocycles. The van der Waals surface area contributed by atoms with Gasteiger partial charge in [-0.2, -0.15) is 0 Å². The summed E-state index contributed by atoms with van der Waals surface area (Å²) in [5.41, 5.74) is 7.16. The molecule has 0 saturated heterocycles. The monoisotopic (exact) mass is 277 g/mol. The number of nitrogens with two attached hydrogens (primary N) is 1. The van der Waals surface area contributed by atoms with Crippen molar-refractivity contribution in [1.82, 2.24) is 0 Å². The molecule has 0 aliphatic heterocycles. The highest BCUT2D eigenvalue weighted by Gasteiger charge is 2.08. The molecule has 2 N–H and O–H groups in total. The van der Waals surface area contributed by atoms with Crippen LogP contribution in [-0.4, -0.2) is 14.7 Å². The molecule has 1 aromatic rings. The number of halogens is 1. The SMILES string of the molecule is CS(=O)(=O)Cc1ccc(Br)cc1CN. The largest absolute Gasteiger partial charge is 0.326 e. The van der Waals surface area contributed by atoms with Crippen LogP contribution in [0.15, 0.2) is 22.7 Å². The van der Waals surface area contributed by atoms with Crippen LogP contribution >= 0.6 is 15.9 Å². The van der Waals surface area contributed by atoms with Crippen LogP contribution in [0.1, 0.15) is 11.1 Å². The molecule has 0 aromatic heterocycles. The lowest BCUT2D eigenvalue weighted by atomic mass is 10.1. The molecule has 0 aliphatic carbocycles. The third-order valence-electron chi connectivity index (χ3n) is 1.81. The Hall–Kier alpha value is -0.390. The normalized spacial score (nSPS) is 11.6. The Morgan fingerprint density at radius 3 is 2.50 bits per heavy atom. The van der Waals surface area contributed by atoms with Gasteiger partial charge in [-0.1, -0.05) is 22.0 Å². The highest BCUT2D eigenvalue weighted by atomic mass is 79.9. The Bertz CT molecular complexity index is 428. The molecular weight excluding hydrogens is 266 g/mol. The molecule has 0 aliphatic rings. The first-order chi connectivity index (χ1) is 6.42. The van der Waals surface area contributed by atoms with Crippen LogP contribution in [0, 0.1) is 0 Å². The van der Waals surface area contributed by atoms with Gasteiger partial charge < -0.3 is 5.73 Å². The van der Waals surface area contributed by atoms with Crippen LogP contribution in [-0.2, 0) is 22.1 Å². The molecule has 0 saturated carbocycles. The molecule has 1 rings (SSSR count). The molecule has 3 nitrogen and oxygen atoms in total. The highest BCUT2D eigenvalue weighted by Crippen LogP contribution is 2.18. The smallest absolute Gasteiger partial charge is 0.151 e. The van der Waals surface area contributed by atoms with Gasteiger partial charge in [-0.3, -0.25) is 0 Å². The Morgan fingerprint density at radius 1 is 1.36 bits per heavy atom. The molecule has 78 valence electrons. The second-order valence-corrected chi connectivity index (χ2v) is 6.24. The minimum absolute atomic E-state index is 0.0484. The molecule has 0 amide bonds. The fourth-order valence-electron chi connectivity index (χ4n) is 1.21. The van der Waals surface area contributed by atoms with E-state index in [1.165, 1.54) is 6.26 Å². The van der Waals surface area contributed by atoms with Crippen molar-refractivity contribution in [3.8, 4) is 0 Å². The number of rotatable bonds is 3. The van der Waals surface area contributed by atoms with Crippen molar-refractivity contribution in [1.29, 1.82) is 0 Å². The Kier molecular flexibility index (Phi) is 3.69. The molecule has 14 heavy (non-hydrogen) atoms. The van der Waals surface area contributed by atoms with Crippen LogP contribution in [0.5, 0.6) is 0 Å². The zero-order valence-electron chi connectivity index (χ0n) is 7.83. The van der Waals surface area contributed by atoms with E-state index in [4.69, 9.17) is 5.73 Å². The number of hydrogen-bond acceptors (Lipinski definition) is 3. The second-order valence-electron chi connectivity index (χ2n) is 3.19. The summed E-state index contributed by atoms with van der Waals surface area (Å²) in [6.07, 6.45) is 1.22. The number of sulfone groups is 1. The summed E-state index contributed by atoms with van der Waals surface area (Å²) >= 11 is 3.31. The molecule has 0 spiro atoms. The predicted octanol–water partition coefficient (Wildman–Crippen LogP) is 1.45. The lowest BCUT2D eigenvalue weighted by Gasteiger charge is -2.06. The standard InChI is InChI=1S/C9H12BrNO2S/c1-14(12,13)6-7-2-3-9(10)4-8(7)5-11/h2-4H,5-6,11H2,1H3. The van der Waals surface area contributed by atoms with E-state index in [1.807, 2.05) is 12.1 Å². The lowest BCUT2D eigenvalue weighted by Crippen LogP contribution is -2.07. The average Bonchev–Trinajstić information content (AvgIpc) is 2.06. The fourth-order valence-corrected chi connectivity index (χ4v) is 2.46. The summed E-state index contributed by atoms with van der Waals surface area (Å²) in [5, 5.41) is 0. The molecule has 0 unspecified atom stereocenters. The first kappa shape index (κ1) is 11.7. The van der Waals surface area contributed by atoms with Crippen molar-refractivity contribution in [2.75, 3.05) is 6.26 Å². The van der Waals surface area contributed by atoms with Crippen LogP contribution in [0.25, 0.3) is 0 Å². The Balaban J connectivity index is 3.09. The van der Waals surface area contributed by atoms with Crippen LogP contribution in [0.3, 0.4) is 0 Å². The summed E-state index contributed by atoms with van der Waals surface area (Å²) < 4.78 is 23.1. The van der Waals surface area contributed by atoms with Gasteiger partial charge in [0.15, 0.2) is 9.84 Å². The Labute approximate surface area is 92.4 Å². The molecule has 0 atom stereocenters. The number of benzene rings is 1. The van der Waals surface area contributed by atoms with E-state index in [1.54, 1.807) is 6.07 Å². The predicted molar refractivity (Wildman–Crippen MR) is 60.6 cm³/mol. The summed E-state index contributed by atoms with van der Waals surface area (Å²) in [5.74, 6) is 0.0484. The van der Waals surface area contributed by atoms with E-state index in [0.717, 1.165) is 15.6 Å². The first-order valence-corrected chi connectivity index (χ1v) is 6.93. The summed E-state index contributed by atoms with van der Waals surface area (Å²) in [6.45, 7) is 0.351. The van der Waals surface area contributed by atoms with E-state index in [2.05, 4.69) is 15.9 Å². The van der Waals surface area contributed by atoms with E-state index >= 15 is 0 Å². The highest BCUT2D eigenvalue weighted by molar-refractivity contribution is 9.10. The molecule has 0 radical (unpaired) electrons. The van der Waals surface area contributed by atoms with Crippen LogP contribution < -0.4 is 5.73 Å². The van der Waals surface area contributed by atoms with Crippen molar-refractivity contribution in [2.45, 2.75) is 12.3 Å². The molecule has 0 fully saturated rings. The van der Waals surface area contributed by atoms with E-state index in [9.17, 15) is 8.42 Å². The molecule has 5 heteroatoms. The Morgan fingerprint density at radius 2 is 2.00 bits per heavy atom. The van der Waals surface area contributed by atoms with Gasteiger partial charge in [0, 0.05) is 17.3 Å². The quantitative estimate of drug-likeness (QED) is 0.910. The van der Waals surface area contributed by atoms with Gasteiger partial charge in [0.25, 0.3) is 0 Å². The fraction of sp³-hybridized carbons (Fsp3) is 0.333. The van der Waals surface area contributed by atoms with Crippen LogP contribution in [0.4, 0.5) is 0 Å². The zero-order chi connectivity index (χ0) is 10.8. The van der Waals surface area contributed by atoms with Gasteiger partial charge in [0.1, 0.15) is 0 Å². The van der Waals surface area contributed by atoms with E-state index in [0.29, 0.717) is 6.54 Å². The first-order valence-electron chi connectivity index (χ1n) is 4.07. The van der Waals surface area contributed by atoms with Gasteiger partial charge in [-0.15, -0.1) is 0 Å². The van der Waals surface area contributed by atoms with Gasteiger partial charge in [0.05, 0.1) is 5.75 Å². The van der Waals surface area contributed by atoms with Gasteiger partial charge in [-0.25, -0.2) is 8.42 Å². The van der Waals surface area contributed by atoms with Crippen molar-refractivity contribution in [2.24, 2.45) is 5.73 Å². The van der Waals surface area contributed by atoms with Crippen molar-refractivity contribution < 1.29 is 8.42 Å². The number of hydrogen-bond donors (Lipinski definition) is 1. The third-order valence-corrected chi connectivity index (χ3v) is 3.13.